The molecule has 5 heteroatoms. The number of carbonyl (C=O) groups is 2. The summed E-state index contributed by atoms with van der Waals surface area (Å²) in [4.78, 5) is 29.5. The van der Waals surface area contributed by atoms with Crippen LogP contribution in [0.3, 0.4) is 0 Å². The van der Waals surface area contributed by atoms with Crippen LogP contribution in [0.5, 0.6) is 0 Å². The predicted molar refractivity (Wildman–Crippen MR) is 71.1 cm³/mol. The molecule has 2 rings (SSSR count). The minimum Gasteiger partial charge on any atom is -0.342 e. The molecular weight excluding hydrogens is 242 g/mol. The van der Waals surface area contributed by atoms with Gasteiger partial charge in [0.2, 0.25) is 0 Å². The monoisotopic (exact) mass is 261 g/mol. The first kappa shape index (κ1) is 13.5. The van der Waals surface area contributed by atoms with Crippen LogP contribution in [0.4, 0.5) is 0 Å². The standard InChI is InChI=1S/C14H19N3O2/c18-13(16-11-12-7-3-4-8-15-12)14(19)17-9-5-1-2-6-10-17/h3-4,7-8H,1-2,5-6,9-11H2,(H,16,18). The van der Waals surface area contributed by atoms with Crippen LogP contribution in [0, 0.1) is 0 Å². The van der Waals surface area contributed by atoms with Crippen molar-refractivity contribution < 1.29 is 9.59 Å². The van der Waals surface area contributed by atoms with Gasteiger partial charge in [-0.2, -0.15) is 0 Å². The largest absolute Gasteiger partial charge is 0.342 e. The van der Waals surface area contributed by atoms with Crippen LogP contribution in [0.15, 0.2) is 24.4 Å². The van der Waals surface area contributed by atoms with Gasteiger partial charge >= 0.3 is 11.8 Å². The number of aromatic nitrogens is 1. The van der Waals surface area contributed by atoms with Crippen molar-refractivity contribution in [2.75, 3.05) is 13.1 Å². The van der Waals surface area contributed by atoms with Crippen molar-refractivity contribution in [3.05, 3.63) is 30.1 Å². The number of nitrogens with one attached hydrogen (secondary N) is 1. The molecule has 1 aliphatic heterocycles. The van der Waals surface area contributed by atoms with Crippen molar-refractivity contribution in [3.8, 4) is 0 Å². The summed E-state index contributed by atoms with van der Waals surface area (Å²) in [5.41, 5.74) is 0.750. The van der Waals surface area contributed by atoms with Gasteiger partial charge in [-0.1, -0.05) is 18.9 Å². The number of hydrogen-bond acceptors (Lipinski definition) is 3. The Bertz CT molecular complexity index is 426. The Morgan fingerprint density at radius 3 is 2.53 bits per heavy atom. The first-order valence-electron chi connectivity index (χ1n) is 6.74. The summed E-state index contributed by atoms with van der Waals surface area (Å²) in [6.45, 7) is 1.67. The second kappa shape index (κ2) is 6.87. The van der Waals surface area contributed by atoms with E-state index >= 15 is 0 Å². The highest BCUT2D eigenvalue weighted by molar-refractivity contribution is 6.34. The molecule has 1 N–H and O–H groups in total. The average molecular weight is 261 g/mol. The van der Waals surface area contributed by atoms with Crippen LogP contribution < -0.4 is 5.32 Å². The summed E-state index contributed by atoms with van der Waals surface area (Å²) < 4.78 is 0. The lowest BCUT2D eigenvalue weighted by Crippen LogP contribution is -2.43. The third-order valence-electron chi connectivity index (χ3n) is 3.24. The fourth-order valence-corrected chi connectivity index (χ4v) is 2.17. The van der Waals surface area contributed by atoms with Gasteiger partial charge in [-0.15, -0.1) is 0 Å². The van der Waals surface area contributed by atoms with Gasteiger partial charge in [-0.05, 0) is 25.0 Å². The number of hydrogen-bond donors (Lipinski definition) is 1. The van der Waals surface area contributed by atoms with E-state index in [2.05, 4.69) is 10.3 Å². The third-order valence-corrected chi connectivity index (χ3v) is 3.24. The fraction of sp³-hybridized carbons (Fsp3) is 0.500. The lowest BCUT2D eigenvalue weighted by molar-refractivity contribution is -0.145. The van der Waals surface area contributed by atoms with Crippen LogP contribution in [-0.4, -0.2) is 34.8 Å². The number of nitrogens with zero attached hydrogens (tertiary/aromatic N) is 2. The molecule has 0 bridgehead atoms. The van der Waals surface area contributed by atoms with E-state index in [0.717, 1.165) is 31.4 Å². The number of likely N-dealkylation sites (tertiary alicyclic amines) is 1. The number of carbonyl (C=O) groups excluding carboxylic acids is 2. The molecule has 1 fully saturated rings. The molecule has 2 amide bonds. The molecule has 102 valence electrons. The van der Waals surface area contributed by atoms with E-state index in [9.17, 15) is 9.59 Å². The summed E-state index contributed by atoms with van der Waals surface area (Å²) >= 11 is 0. The van der Waals surface area contributed by atoms with Crippen LogP contribution >= 0.6 is 0 Å². The lowest BCUT2D eigenvalue weighted by atomic mass is 10.2. The summed E-state index contributed by atoms with van der Waals surface area (Å²) in [6.07, 6.45) is 5.91. The van der Waals surface area contributed by atoms with E-state index in [0.29, 0.717) is 19.6 Å². The smallest absolute Gasteiger partial charge is 0.311 e. The average Bonchev–Trinajstić information content (AvgIpc) is 2.74. The Kier molecular flexibility index (Phi) is 4.89. The van der Waals surface area contributed by atoms with E-state index in [1.165, 1.54) is 0 Å². The molecule has 0 spiro atoms. The highest BCUT2D eigenvalue weighted by Gasteiger charge is 2.22. The molecule has 0 saturated carbocycles. The summed E-state index contributed by atoms with van der Waals surface area (Å²) in [5.74, 6) is -0.953. The van der Waals surface area contributed by atoms with Crippen molar-refractivity contribution in [1.82, 2.24) is 15.2 Å². The fourth-order valence-electron chi connectivity index (χ4n) is 2.17. The molecule has 0 radical (unpaired) electrons. The van der Waals surface area contributed by atoms with Crippen molar-refractivity contribution in [2.45, 2.75) is 32.2 Å². The van der Waals surface area contributed by atoms with E-state index in [4.69, 9.17) is 0 Å². The first-order chi connectivity index (χ1) is 9.27. The van der Waals surface area contributed by atoms with Crippen molar-refractivity contribution in [3.63, 3.8) is 0 Å². The molecule has 0 unspecified atom stereocenters. The Hall–Kier alpha value is -1.91. The maximum atomic E-state index is 12.0. The highest BCUT2D eigenvalue weighted by Crippen LogP contribution is 2.09. The zero-order valence-electron chi connectivity index (χ0n) is 11.0. The zero-order chi connectivity index (χ0) is 13.5. The van der Waals surface area contributed by atoms with Gasteiger partial charge in [-0.3, -0.25) is 14.6 Å². The second-order valence-corrected chi connectivity index (χ2v) is 4.71. The normalized spacial score (nSPS) is 15.7. The molecular formula is C14H19N3O2. The van der Waals surface area contributed by atoms with Crippen LogP contribution in [0.2, 0.25) is 0 Å². The van der Waals surface area contributed by atoms with Gasteiger partial charge in [0.05, 0.1) is 12.2 Å². The lowest BCUT2D eigenvalue weighted by Gasteiger charge is -2.19. The third kappa shape index (κ3) is 4.05. The second-order valence-electron chi connectivity index (χ2n) is 4.71. The van der Waals surface area contributed by atoms with Crippen molar-refractivity contribution in [1.29, 1.82) is 0 Å². The molecule has 0 atom stereocenters. The van der Waals surface area contributed by atoms with E-state index in [1.54, 1.807) is 11.1 Å². The van der Waals surface area contributed by atoms with Gasteiger partial charge in [-0.25, -0.2) is 0 Å². The Morgan fingerprint density at radius 2 is 1.89 bits per heavy atom. The quantitative estimate of drug-likeness (QED) is 0.811. The van der Waals surface area contributed by atoms with Crippen LogP contribution in [0.1, 0.15) is 31.4 Å². The zero-order valence-corrected chi connectivity index (χ0v) is 11.0. The predicted octanol–water partition coefficient (Wildman–Crippen LogP) is 1.10. The van der Waals surface area contributed by atoms with Gasteiger partial charge in [0.15, 0.2) is 0 Å². The Balaban J connectivity index is 1.83. The van der Waals surface area contributed by atoms with Crippen molar-refractivity contribution in [2.24, 2.45) is 0 Å². The summed E-state index contributed by atoms with van der Waals surface area (Å²) in [5, 5.41) is 2.62. The molecule has 19 heavy (non-hydrogen) atoms. The van der Waals surface area contributed by atoms with E-state index < -0.39 is 11.8 Å². The Labute approximate surface area is 113 Å². The van der Waals surface area contributed by atoms with Crippen molar-refractivity contribution >= 4 is 11.8 Å². The van der Waals surface area contributed by atoms with Gasteiger partial charge in [0.1, 0.15) is 0 Å². The summed E-state index contributed by atoms with van der Waals surface area (Å²) in [6, 6.07) is 5.48. The Morgan fingerprint density at radius 1 is 1.16 bits per heavy atom. The first-order valence-corrected chi connectivity index (χ1v) is 6.74. The maximum Gasteiger partial charge on any atom is 0.311 e. The number of amides is 2. The molecule has 5 nitrogen and oxygen atoms in total. The molecule has 1 aromatic heterocycles. The van der Waals surface area contributed by atoms with Crippen LogP contribution in [-0.2, 0) is 16.1 Å². The number of rotatable bonds is 2. The SMILES string of the molecule is O=C(NCc1ccccn1)C(=O)N1CCCCCC1. The van der Waals surface area contributed by atoms with Gasteiger partial charge in [0, 0.05) is 19.3 Å². The summed E-state index contributed by atoms with van der Waals surface area (Å²) in [7, 11) is 0. The molecule has 1 aliphatic rings. The topological polar surface area (TPSA) is 62.3 Å². The molecule has 1 saturated heterocycles. The van der Waals surface area contributed by atoms with Gasteiger partial charge < -0.3 is 10.2 Å². The minimum absolute atomic E-state index is 0.291. The number of pyridine rings is 1. The highest BCUT2D eigenvalue weighted by atomic mass is 16.2. The van der Waals surface area contributed by atoms with Crippen LogP contribution in [0.25, 0.3) is 0 Å². The molecule has 0 aromatic carbocycles. The molecule has 2 heterocycles. The molecule has 0 aliphatic carbocycles. The molecule has 1 aromatic rings. The van der Waals surface area contributed by atoms with E-state index in [-0.39, 0.29) is 0 Å². The van der Waals surface area contributed by atoms with Gasteiger partial charge in [0.25, 0.3) is 0 Å². The maximum absolute atomic E-state index is 12.0. The van der Waals surface area contributed by atoms with E-state index in [1.807, 2.05) is 18.2 Å². The minimum atomic E-state index is -0.535.